The van der Waals surface area contributed by atoms with E-state index in [4.69, 9.17) is 4.74 Å². The van der Waals surface area contributed by atoms with E-state index in [0.29, 0.717) is 6.54 Å². The minimum Gasteiger partial charge on any atom is -0.452 e. The third kappa shape index (κ3) is 6.16. The number of rotatable bonds is 8. The van der Waals surface area contributed by atoms with Gasteiger partial charge in [-0.2, -0.15) is 8.78 Å². The number of amides is 1. The summed E-state index contributed by atoms with van der Waals surface area (Å²) in [6.07, 6.45) is 0. The molecule has 0 bridgehead atoms. The van der Waals surface area contributed by atoms with Crippen molar-refractivity contribution in [2.75, 3.05) is 13.2 Å². The Kier molecular flexibility index (Phi) is 7.08. The molecule has 7 heteroatoms. The zero-order valence-corrected chi connectivity index (χ0v) is 14.2. The first-order chi connectivity index (χ1) is 12.5. The van der Waals surface area contributed by atoms with Crippen LogP contribution in [0, 0.1) is 0 Å². The maximum atomic E-state index is 12.1. The summed E-state index contributed by atoms with van der Waals surface area (Å²) in [6, 6.07) is 14.7. The number of esters is 1. The fraction of sp³-hybridized carbons (Fsp3) is 0.263. The molecule has 0 aliphatic rings. The highest BCUT2D eigenvalue weighted by atomic mass is 19.3. The van der Waals surface area contributed by atoms with Crippen LogP contribution in [0.4, 0.5) is 8.78 Å². The molecule has 0 heterocycles. The summed E-state index contributed by atoms with van der Waals surface area (Å²) >= 11 is 0. The second-order valence-electron chi connectivity index (χ2n) is 5.59. The Labute approximate surface area is 149 Å². The van der Waals surface area contributed by atoms with Crippen LogP contribution < -0.4 is 10.1 Å². The lowest BCUT2D eigenvalue weighted by Gasteiger charge is -2.13. The molecule has 1 N–H and O–H groups in total. The van der Waals surface area contributed by atoms with Crippen LogP contribution in [0.3, 0.4) is 0 Å². The van der Waals surface area contributed by atoms with Crippen molar-refractivity contribution < 1.29 is 27.8 Å². The van der Waals surface area contributed by atoms with Crippen molar-refractivity contribution in [1.82, 2.24) is 5.32 Å². The molecule has 0 saturated heterocycles. The molecule has 1 amide bonds. The van der Waals surface area contributed by atoms with Gasteiger partial charge in [-0.15, -0.1) is 0 Å². The summed E-state index contributed by atoms with van der Waals surface area (Å²) in [6.45, 7) is -0.963. The third-order valence-corrected chi connectivity index (χ3v) is 3.62. The number of nitrogens with one attached hydrogen (secondary N) is 1. The normalized spacial score (nSPS) is 11.7. The Hall–Kier alpha value is -2.96. The molecule has 2 aromatic rings. The van der Waals surface area contributed by atoms with Gasteiger partial charge in [-0.1, -0.05) is 37.3 Å². The fourth-order valence-corrected chi connectivity index (χ4v) is 2.20. The van der Waals surface area contributed by atoms with E-state index in [-0.39, 0.29) is 17.2 Å². The summed E-state index contributed by atoms with van der Waals surface area (Å²) in [5.41, 5.74) is 1.23. The number of carbonyl (C=O) groups is 2. The van der Waals surface area contributed by atoms with Crippen molar-refractivity contribution in [3.63, 3.8) is 0 Å². The van der Waals surface area contributed by atoms with Gasteiger partial charge in [-0.25, -0.2) is 4.79 Å². The molecule has 2 aromatic carbocycles. The van der Waals surface area contributed by atoms with Gasteiger partial charge in [0.15, 0.2) is 6.61 Å². The van der Waals surface area contributed by atoms with Gasteiger partial charge in [0, 0.05) is 6.54 Å². The molecule has 0 spiro atoms. The summed E-state index contributed by atoms with van der Waals surface area (Å²) in [7, 11) is 0. The van der Waals surface area contributed by atoms with E-state index in [2.05, 4.69) is 10.1 Å². The maximum Gasteiger partial charge on any atom is 0.387 e. The van der Waals surface area contributed by atoms with Crippen molar-refractivity contribution in [3.05, 3.63) is 65.7 Å². The number of hydrogen-bond acceptors (Lipinski definition) is 4. The van der Waals surface area contributed by atoms with Gasteiger partial charge in [0.25, 0.3) is 5.91 Å². The number of alkyl halides is 2. The average molecular weight is 363 g/mol. The van der Waals surface area contributed by atoms with Gasteiger partial charge >= 0.3 is 12.6 Å². The lowest BCUT2D eigenvalue weighted by molar-refractivity contribution is -0.124. The van der Waals surface area contributed by atoms with Crippen molar-refractivity contribution >= 4 is 11.9 Å². The predicted molar refractivity (Wildman–Crippen MR) is 91.2 cm³/mol. The molecule has 0 radical (unpaired) electrons. The lowest BCUT2D eigenvalue weighted by atomic mass is 10.0. The quantitative estimate of drug-likeness (QED) is 0.731. The van der Waals surface area contributed by atoms with Gasteiger partial charge in [0.2, 0.25) is 0 Å². The Bertz CT molecular complexity index is 720. The van der Waals surface area contributed by atoms with Crippen LogP contribution in [0.5, 0.6) is 5.75 Å². The van der Waals surface area contributed by atoms with Crippen LogP contribution in [0.25, 0.3) is 0 Å². The molecule has 0 saturated carbocycles. The Balaban J connectivity index is 1.75. The largest absolute Gasteiger partial charge is 0.452 e. The summed E-state index contributed by atoms with van der Waals surface area (Å²) in [4.78, 5) is 23.6. The maximum absolute atomic E-state index is 12.1. The van der Waals surface area contributed by atoms with E-state index < -0.39 is 25.1 Å². The van der Waals surface area contributed by atoms with E-state index in [0.717, 1.165) is 5.56 Å². The molecule has 0 aromatic heterocycles. The van der Waals surface area contributed by atoms with Gasteiger partial charge < -0.3 is 14.8 Å². The number of hydrogen-bond donors (Lipinski definition) is 1. The topological polar surface area (TPSA) is 64.6 Å². The molecular weight excluding hydrogens is 344 g/mol. The Morgan fingerprint density at radius 3 is 2.31 bits per heavy atom. The van der Waals surface area contributed by atoms with E-state index in [1.165, 1.54) is 24.3 Å². The van der Waals surface area contributed by atoms with E-state index >= 15 is 0 Å². The molecule has 138 valence electrons. The zero-order valence-electron chi connectivity index (χ0n) is 14.2. The molecular formula is C19H19F2NO4. The van der Waals surface area contributed by atoms with Gasteiger partial charge in [0.1, 0.15) is 5.75 Å². The standard InChI is InChI=1S/C19H19F2NO4/c1-13(14-5-3-2-4-6-14)11-22-17(23)12-25-18(24)15-7-9-16(10-8-15)26-19(20)21/h2-10,13,19H,11-12H2,1H3,(H,22,23)/t13-/m0/s1. The summed E-state index contributed by atoms with van der Waals surface area (Å²) in [5.74, 6) is -1.08. The monoisotopic (exact) mass is 363 g/mol. The molecule has 2 rings (SSSR count). The average Bonchev–Trinajstić information content (AvgIpc) is 2.65. The highest BCUT2D eigenvalue weighted by Gasteiger charge is 2.12. The van der Waals surface area contributed by atoms with Gasteiger partial charge in [-0.3, -0.25) is 4.79 Å². The van der Waals surface area contributed by atoms with E-state index in [1.807, 2.05) is 37.3 Å². The fourth-order valence-electron chi connectivity index (χ4n) is 2.20. The number of benzene rings is 2. The SMILES string of the molecule is C[C@@H](CNC(=O)COC(=O)c1ccc(OC(F)F)cc1)c1ccccc1. The predicted octanol–water partition coefficient (Wildman–Crippen LogP) is 3.36. The van der Waals surface area contributed by atoms with Gasteiger partial charge in [-0.05, 0) is 35.7 Å². The van der Waals surface area contributed by atoms with Crippen molar-refractivity contribution in [2.24, 2.45) is 0 Å². The number of ether oxygens (including phenoxy) is 2. The van der Waals surface area contributed by atoms with Crippen LogP contribution in [-0.4, -0.2) is 31.6 Å². The Morgan fingerprint density at radius 2 is 1.69 bits per heavy atom. The molecule has 26 heavy (non-hydrogen) atoms. The van der Waals surface area contributed by atoms with Crippen molar-refractivity contribution in [2.45, 2.75) is 19.5 Å². The van der Waals surface area contributed by atoms with E-state index in [1.54, 1.807) is 0 Å². The smallest absolute Gasteiger partial charge is 0.387 e. The van der Waals surface area contributed by atoms with E-state index in [9.17, 15) is 18.4 Å². The minimum absolute atomic E-state index is 0.0656. The minimum atomic E-state index is -2.94. The highest BCUT2D eigenvalue weighted by Crippen LogP contribution is 2.15. The lowest BCUT2D eigenvalue weighted by Crippen LogP contribution is -2.31. The molecule has 5 nitrogen and oxygen atoms in total. The molecule has 0 fully saturated rings. The molecule has 1 atom stereocenters. The van der Waals surface area contributed by atoms with Gasteiger partial charge in [0.05, 0.1) is 5.56 Å². The molecule has 0 aliphatic carbocycles. The van der Waals surface area contributed by atoms with Crippen LogP contribution in [0.2, 0.25) is 0 Å². The first-order valence-electron chi connectivity index (χ1n) is 7.99. The Morgan fingerprint density at radius 1 is 1.04 bits per heavy atom. The molecule has 0 unspecified atom stereocenters. The third-order valence-electron chi connectivity index (χ3n) is 3.62. The van der Waals surface area contributed by atoms with Crippen LogP contribution in [0.15, 0.2) is 54.6 Å². The van der Waals surface area contributed by atoms with Crippen molar-refractivity contribution in [3.8, 4) is 5.75 Å². The summed E-state index contributed by atoms with van der Waals surface area (Å²) in [5, 5.41) is 2.70. The highest BCUT2D eigenvalue weighted by molar-refractivity contribution is 5.91. The second-order valence-corrected chi connectivity index (χ2v) is 5.59. The number of carbonyl (C=O) groups excluding carboxylic acids is 2. The number of halogens is 2. The summed E-state index contributed by atoms with van der Waals surface area (Å²) < 4.78 is 33.2. The van der Waals surface area contributed by atoms with Crippen LogP contribution in [-0.2, 0) is 9.53 Å². The van der Waals surface area contributed by atoms with Crippen LogP contribution in [0.1, 0.15) is 28.8 Å². The first-order valence-corrected chi connectivity index (χ1v) is 7.99. The van der Waals surface area contributed by atoms with Crippen LogP contribution >= 0.6 is 0 Å². The second kappa shape index (κ2) is 9.50. The zero-order chi connectivity index (χ0) is 18.9. The molecule has 0 aliphatic heterocycles. The first kappa shape index (κ1) is 19.4. The van der Waals surface area contributed by atoms with Crippen molar-refractivity contribution in [1.29, 1.82) is 0 Å².